The zero-order valence-electron chi connectivity index (χ0n) is 10.6. The van der Waals surface area contributed by atoms with Crippen LogP contribution >= 0.6 is 0 Å². The Morgan fingerprint density at radius 2 is 1.71 bits per heavy atom. The summed E-state index contributed by atoms with van der Waals surface area (Å²) in [6.45, 7) is 4.13. The lowest BCUT2D eigenvalue weighted by atomic mass is 10.3. The molecule has 4 nitrogen and oxygen atoms in total. The minimum Gasteiger partial charge on any atom is -0.370 e. The molecule has 0 spiro atoms. The predicted molar refractivity (Wildman–Crippen MR) is 71.8 cm³/mol. The summed E-state index contributed by atoms with van der Waals surface area (Å²) in [6.07, 6.45) is 1.23. The van der Waals surface area contributed by atoms with E-state index in [-0.39, 0.29) is 0 Å². The largest absolute Gasteiger partial charge is 0.370 e. The highest BCUT2D eigenvalue weighted by molar-refractivity contribution is 7.88. The van der Waals surface area contributed by atoms with Crippen molar-refractivity contribution in [1.29, 1.82) is 0 Å². The van der Waals surface area contributed by atoms with E-state index in [4.69, 9.17) is 0 Å². The van der Waals surface area contributed by atoms with E-state index in [0.29, 0.717) is 13.1 Å². The third-order valence-electron chi connectivity index (χ3n) is 2.75. The highest BCUT2D eigenvalue weighted by atomic mass is 32.2. The van der Waals surface area contributed by atoms with Crippen LogP contribution in [0, 0.1) is 0 Å². The molecule has 0 amide bonds. The van der Waals surface area contributed by atoms with E-state index in [0.717, 1.165) is 12.2 Å². The van der Waals surface area contributed by atoms with Gasteiger partial charge in [-0.25, -0.2) is 12.7 Å². The zero-order valence-corrected chi connectivity index (χ0v) is 11.4. The van der Waals surface area contributed by atoms with Crippen LogP contribution in [0.4, 0.5) is 5.69 Å². The first kappa shape index (κ1) is 14.0. The molecule has 0 aliphatic heterocycles. The normalized spacial score (nSPS) is 11.8. The number of likely N-dealkylation sites (N-methyl/N-ethyl adjacent to an activating group) is 2. The van der Waals surface area contributed by atoms with Gasteiger partial charge in [0.25, 0.3) is 0 Å². The van der Waals surface area contributed by atoms with E-state index in [9.17, 15) is 8.42 Å². The molecule has 0 saturated carbocycles. The summed E-state index contributed by atoms with van der Waals surface area (Å²) < 4.78 is 23.9. The minimum absolute atomic E-state index is 0.502. The molecule has 1 rings (SSSR count). The lowest BCUT2D eigenvalue weighted by Gasteiger charge is -2.25. The number of rotatable bonds is 6. The minimum atomic E-state index is -3.08. The first-order valence-electron chi connectivity index (χ1n) is 5.66. The average molecular weight is 256 g/mol. The van der Waals surface area contributed by atoms with E-state index >= 15 is 0 Å². The number of hydrogen-bond donors (Lipinski definition) is 0. The number of anilines is 1. The van der Waals surface area contributed by atoms with Crippen LogP contribution in [0.15, 0.2) is 30.3 Å². The summed E-state index contributed by atoms with van der Waals surface area (Å²) in [5, 5.41) is 0. The summed E-state index contributed by atoms with van der Waals surface area (Å²) in [6, 6.07) is 10.0. The van der Waals surface area contributed by atoms with Gasteiger partial charge in [0.15, 0.2) is 0 Å². The molecule has 0 aliphatic carbocycles. The van der Waals surface area contributed by atoms with Crippen LogP contribution in [-0.4, -0.2) is 45.7 Å². The van der Waals surface area contributed by atoms with Gasteiger partial charge in [-0.05, 0) is 19.1 Å². The van der Waals surface area contributed by atoms with Crippen molar-refractivity contribution in [3.05, 3.63) is 30.3 Å². The predicted octanol–water partition coefficient (Wildman–Crippen LogP) is 1.40. The molecule has 0 atom stereocenters. The van der Waals surface area contributed by atoms with Gasteiger partial charge in [-0.1, -0.05) is 18.2 Å². The third kappa shape index (κ3) is 4.36. The van der Waals surface area contributed by atoms with Gasteiger partial charge in [0.1, 0.15) is 0 Å². The Kier molecular flexibility index (Phi) is 4.96. The smallest absolute Gasteiger partial charge is 0.211 e. The molecular weight excluding hydrogens is 236 g/mol. The van der Waals surface area contributed by atoms with Gasteiger partial charge >= 0.3 is 0 Å². The monoisotopic (exact) mass is 256 g/mol. The Morgan fingerprint density at radius 1 is 1.12 bits per heavy atom. The summed E-state index contributed by atoms with van der Waals surface area (Å²) in [7, 11) is -1.48. The molecule has 0 aromatic heterocycles. The lowest BCUT2D eigenvalue weighted by molar-refractivity contribution is 0.477. The molecule has 0 radical (unpaired) electrons. The van der Waals surface area contributed by atoms with Crippen molar-refractivity contribution in [3.8, 4) is 0 Å². The van der Waals surface area contributed by atoms with Crippen molar-refractivity contribution in [2.75, 3.05) is 37.8 Å². The summed E-state index contributed by atoms with van der Waals surface area (Å²) in [4.78, 5) is 2.15. The second-order valence-corrected chi connectivity index (χ2v) is 6.09. The maximum atomic E-state index is 11.3. The number of nitrogens with zero attached hydrogens (tertiary/aromatic N) is 2. The molecule has 5 heteroatoms. The molecule has 0 saturated heterocycles. The van der Waals surface area contributed by atoms with E-state index in [1.165, 1.54) is 10.6 Å². The Morgan fingerprint density at radius 3 is 2.18 bits per heavy atom. The second-order valence-electron chi connectivity index (χ2n) is 4.00. The van der Waals surface area contributed by atoms with Crippen LogP contribution < -0.4 is 4.90 Å². The number of sulfonamides is 1. The van der Waals surface area contributed by atoms with Crippen LogP contribution in [0.3, 0.4) is 0 Å². The molecule has 0 N–H and O–H groups in total. The Hall–Kier alpha value is -1.07. The van der Waals surface area contributed by atoms with E-state index in [2.05, 4.69) is 11.8 Å². The molecule has 1 aromatic rings. The number of benzene rings is 1. The van der Waals surface area contributed by atoms with Gasteiger partial charge in [-0.3, -0.25) is 0 Å². The van der Waals surface area contributed by atoms with Gasteiger partial charge < -0.3 is 4.90 Å². The molecule has 1 aromatic carbocycles. The van der Waals surface area contributed by atoms with Crippen LogP contribution in [-0.2, 0) is 10.0 Å². The average Bonchev–Trinajstić information content (AvgIpc) is 2.29. The molecule has 0 unspecified atom stereocenters. The topological polar surface area (TPSA) is 40.6 Å². The van der Waals surface area contributed by atoms with E-state index in [1.54, 1.807) is 7.05 Å². The standard InChI is InChI=1S/C12H20N2O2S/c1-4-14(12-8-6-5-7-9-12)11-10-13(2)17(3,15)16/h5-9H,4,10-11H2,1-3H3. The first-order chi connectivity index (χ1) is 7.95. The quantitative estimate of drug-likeness (QED) is 0.772. The van der Waals surface area contributed by atoms with Crippen molar-refractivity contribution < 1.29 is 8.42 Å². The van der Waals surface area contributed by atoms with Crippen molar-refractivity contribution in [1.82, 2.24) is 4.31 Å². The van der Waals surface area contributed by atoms with Gasteiger partial charge in [0, 0.05) is 32.4 Å². The highest BCUT2D eigenvalue weighted by Gasteiger charge is 2.12. The third-order valence-corrected chi connectivity index (χ3v) is 4.07. The summed E-state index contributed by atoms with van der Waals surface area (Å²) in [5.41, 5.74) is 1.12. The van der Waals surface area contributed by atoms with E-state index < -0.39 is 10.0 Å². The maximum absolute atomic E-state index is 11.3. The van der Waals surface area contributed by atoms with Crippen LogP contribution in [0.5, 0.6) is 0 Å². The molecule has 0 fully saturated rings. The van der Waals surface area contributed by atoms with E-state index in [1.807, 2.05) is 30.3 Å². The van der Waals surface area contributed by atoms with Gasteiger partial charge in [0.05, 0.1) is 6.26 Å². The molecular formula is C12H20N2O2S. The zero-order chi connectivity index (χ0) is 12.9. The fourth-order valence-corrected chi connectivity index (χ4v) is 1.95. The van der Waals surface area contributed by atoms with Crippen molar-refractivity contribution in [2.24, 2.45) is 0 Å². The fourth-order valence-electron chi connectivity index (χ4n) is 1.54. The van der Waals surface area contributed by atoms with Gasteiger partial charge in [0.2, 0.25) is 10.0 Å². The van der Waals surface area contributed by atoms with Crippen LogP contribution in [0.1, 0.15) is 6.92 Å². The highest BCUT2D eigenvalue weighted by Crippen LogP contribution is 2.12. The molecule has 0 aliphatic rings. The molecule has 96 valence electrons. The van der Waals surface area contributed by atoms with Crippen molar-refractivity contribution in [2.45, 2.75) is 6.92 Å². The number of hydrogen-bond acceptors (Lipinski definition) is 3. The van der Waals surface area contributed by atoms with Crippen LogP contribution in [0.2, 0.25) is 0 Å². The Labute approximate surface area is 104 Å². The number of para-hydroxylation sites is 1. The van der Waals surface area contributed by atoms with Crippen LogP contribution in [0.25, 0.3) is 0 Å². The maximum Gasteiger partial charge on any atom is 0.211 e. The molecule has 0 heterocycles. The summed E-state index contributed by atoms with van der Waals surface area (Å²) in [5.74, 6) is 0. The van der Waals surface area contributed by atoms with Crippen molar-refractivity contribution in [3.63, 3.8) is 0 Å². The van der Waals surface area contributed by atoms with Crippen molar-refractivity contribution >= 4 is 15.7 Å². The molecule has 17 heavy (non-hydrogen) atoms. The summed E-state index contributed by atoms with van der Waals surface area (Å²) >= 11 is 0. The lowest BCUT2D eigenvalue weighted by Crippen LogP contribution is -2.35. The fraction of sp³-hybridized carbons (Fsp3) is 0.500. The molecule has 0 bridgehead atoms. The SMILES string of the molecule is CCN(CCN(C)S(C)(=O)=O)c1ccccc1. The Balaban J connectivity index is 2.61. The second kappa shape index (κ2) is 6.02. The van der Waals surface area contributed by atoms with Gasteiger partial charge in [-0.2, -0.15) is 0 Å². The first-order valence-corrected chi connectivity index (χ1v) is 7.51. The Bertz CT molecular complexity index is 431. The van der Waals surface area contributed by atoms with Gasteiger partial charge in [-0.15, -0.1) is 0 Å².